The third-order valence-electron chi connectivity index (χ3n) is 6.28. The molecule has 1 aliphatic heterocycles. The first kappa shape index (κ1) is 24.9. The molecule has 1 aliphatic rings. The lowest BCUT2D eigenvalue weighted by Crippen LogP contribution is -2.44. The van der Waals surface area contributed by atoms with Gasteiger partial charge in [0.25, 0.3) is 5.91 Å². The molecule has 0 radical (unpaired) electrons. The van der Waals surface area contributed by atoms with Gasteiger partial charge in [-0.1, -0.05) is 32.0 Å². The Morgan fingerprint density at radius 1 is 1.11 bits per heavy atom. The molecule has 0 fully saturated rings. The van der Waals surface area contributed by atoms with Gasteiger partial charge in [0.15, 0.2) is 0 Å². The maximum absolute atomic E-state index is 12.4. The van der Waals surface area contributed by atoms with E-state index >= 15 is 0 Å². The van der Waals surface area contributed by atoms with Crippen molar-refractivity contribution in [3.05, 3.63) is 72.2 Å². The van der Waals surface area contributed by atoms with E-state index in [0.717, 1.165) is 51.1 Å². The zero-order valence-corrected chi connectivity index (χ0v) is 19.5. The summed E-state index contributed by atoms with van der Waals surface area (Å²) >= 11 is 0. The second-order valence-electron chi connectivity index (χ2n) is 8.72. The van der Waals surface area contributed by atoms with Gasteiger partial charge < -0.3 is 15.4 Å². The predicted octanol–water partition coefficient (Wildman–Crippen LogP) is 5.34. The number of amides is 1. The number of aromatic nitrogens is 3. The van der Waals surface area contributed by atoms with E-state index in [9.17, 15) is 18.0 Å². The molecule has 4 aromatic rings. The molecule has 7 nitrogen and oxygen atoms in total. The van der Waals surface area contributed by atoms with Gasteiger partial charge in [0, 0.05) is 52.3 Å². The first-order chi connectivity index (χ1) is 17.0. The van der Waals surface area contributed by atoms with Crippen molar-refractivity contribution in [2.45, 2.75) is 31.9 Å². The van der Waals surface area contributed by atoms with Gasteiger partial charge in [-0.25, -0.2) is 4.79 Å². The average molecular weight is 496 g/mol. The van der Waals surface area contributed by atoms with Gasteiger partial charge in [-0.3, -0.25) is 14.8 Å². The molecule has 36 heavy (non-hydrogen) atoms. The van der Waals surface area contributed by atoms with Crippen molar-refractivity contribution in [3.8, 4) is 22.5 Å². The van der Waals surface area contributed by atoms with Crippen LogP contribution in [-0.4, -0.2) is 44.7 Å². The molecule has 0 saturated carbocycles. The molecule has 3 aromatic heterocycles. The van der Waals surface area contributed by atoms with Crippen molar-refractivity contribution in [3.63, 3.8) is 0 Å². The normalized spacial score (nSPS) is 17.1. The van der Waals surface area contributed by atoms with Gasteiger partial charge in [0.1, 0.15) is 0 Å². The summed E-state index contributed by atoms with van der Waals surface area (Å²) < 4.78 is 31.7. The van der Waals surface area contributed by atoms with Gasteiger partial charge in [0.05, 0.1) is 16.8 Å². The van der Waals surface area contributed by atoms with Crippen molar-refractivity contribution in [2.75, 3.05) is 6.54 Å². The highest BCUT2D eigenvalue weighted by Crippen LogP contribution is 2.35. The number of carboxylic acids is 1. The molecular weight excluding hydrogens is 473 g/mol. The van der Waals surface area contributed by atoms with E-state index in [4.69, 9.17) is 9.90 Å². The smallest absolute Gasteiger partial charge is 0.475 e. The van der Waals surface area contributed by atoms with Crippen LogP contribution in [0.15, 0.2) is 60.9 Å². The lowest BCUT2D eigenvalue weighted by molar-refractivity contribution is -0.192. The number of benzene rings is 1. The molecule has 0 aliphatic carbocycles. The first-order valence-electron chi connectivity index (χ1n) is 11.2. The maximum atomic E-state index is 12.4. The number of alkyl halides is 3. The maximum Gasteiger partial charge on any atom is 0.490 e. The van der Waals surface area contributed by atoms with Gasteiger partial charge in [0.2, 0.25) is 0 Å². The van der Waals surface area contributed by atoms with Gasteiger partial charge in [-0.15, -0.1) is 0 Å². The number of H-pyrrole nitrogens is 1. The van der Waals surface area contributed by atoms with E-state index in [1.807, 2.05) is 42.6 Å². The zero-order valence-electron chi connectivity index (χ0n) is 19.5. The number of nitrogens with one attached hydrogen (secondary N) is 2. The second kappa shape index (κ2) is 9.44. The highest BCUT2D eigenvalue weighted by molar-refractivity contribution is 5.98. The summed E-state index contributed by atoms with van der Waals surface area (Å²) in [7, 11) is 0. The number of halogens is 3. The van der Waals surface area contributed by atoms with Crippen molar-refractivity contribution >= 4 is 22.8 Å². The fraction of sp³-hybridized carbons (Fsp3) is 0.231. The number of carbonyl (C=O) groups excluding carboxylic acids is 1. The van der Waals surface area contributed by atoms with E-state index in [1.165, 1.54) is 0 Å². The molecule has 5 rings (SSSR count). The molecule has 0 bridgehead atoms. The molecule has 0 saturated heterocycles. The highest BCUT2D eigenvalue weighted by Gasteiger charge is 2.38. The zero-order chi connectivity index (χ0) is 26.1. The molecule has 1 unspecified atom stereocenters. The fourth-order valence-electron chi connectivity index (χ4n) is 3.99. The van der Waals surface area contributed by atoms with Crippen molar-refractivity contribution < 1.29 is 27.9 Å². The third-order valence-corrected chi connectivity index (χ3v) is 6.28. The second-order valence-corrected chi connectivity index (χ2v) is 8.72. The first-order valence-corrected chi connectivity index (χ1v) is 11.2. The summed E-state index contributed by atoms with van der Waals surface area (Å²) in [5.74, 6) is -2.77. The number of nitrogens with zero attached hydrogens (tertiary/aromatic N) is 2. The Morgan fingerprint density at radius 2 is 1.83 bits per heavy atom. The highest BCUT2D eigenvalue weighted by atomic mass is 19.4. The van der Waals surface area contributed by atoms with E-state index in [2.05, 4.69) is 46.2 Å². The number of pyridine rings is 2. The summed E-state index contributed by atoms with van der Waals surface area (Å²) in [6.45, 7) is 4.99. The Labute approximate surface area is 204 Å². The monoisotopic (exact) mass is 496 g/mol. The van der Waals surface area contributed by atoms with Crippen molar-refractivity contribution in [2.24, 2.45) is 0 Å². The van der Waals surface area contributed by atoms with Gasteiger partial charge >= 0.3 is 12.1 Å². The molecule has 1 atom stereocenters. The Hall–Kier alpha value is -4.21. The molecule has 186 valence electrons. The number of carboxylic acid groups (broad SMARTS) is 1. The number of aromatic amines is 1. The van der Waals surface area contributed by atoms with Gasteiger partial charge in [-0.2, -0.15) is 13.2 Å². The predicted molar refractivity (Wildman–Crippen MR) is 128 cm³/mol. The van der Waals surface area contributed by atoms with E-state index in [-0.39, 0.29) is 11.3 Å². The minimum absolute atomic E-state index is 0.0126. The van der Waals surface area contributed by atoms with Crippen LogP contribution in [0.3, 0.4) is 0 Å². The van der Waals surface area contributed by atoms with Crippen LogP contribution >= 0.6 is 0 Å². The Kier molecular flexibility index (Phi) is 6.53. The van der Waals surface area contributed by atoms with Crippen LogP contribution < -0.4 is 5.32 Å². The number of aliphatic carboxylic acids is 1. The van der Waals surface area contributed by atoms with E-state index < -0.39 is 12.1 Å². The lowest BCUT2D eigenvalue weighted by atomic mass is 9.80. The van der Waals surface area contributed by atoms with Crippen LogP contribution in [-0.2, 0) is 10.2 Å². The van der Waals surface area contributed by atoms with E-state index in [1.54, 1.807) is 6.20 Å². The minimum atomic E-state index is -5.08. The quantitative estimate of drug-likeness (QED) is 0.355. The standard InChI is InChI=1S/C24H22N4O.C2HF3O2/c1-3-24(2)14-27-23(29)18-12-21(28-22(18)24)16-8-9-25-20(11-16)17-10-15-6-4-5-7-19(15)26-13-17;3-2(4,5)1(6)7/h4-13,28H,3,14H2,1-2H3,(H,27,29);(H,6,7). The molecule has 1 aromatic carbocycles. The largest absolute Gasteiger partial charge is 0.490 e. The van der Waals surface area contributed by atoms with Crippen LogP contribution in [0, 0.1) is 0 Å². The Morgan fingerprint density at radius 3 is 2.53 bits per heavy atom. The molecule has 4 heterocycles. The number of rotatable bonds is 3. The van der Waals surface area contributed by atoms with Crippen LogP contribution in [0.25, 0.3) is 33.4 Å². The lowest BCUT2D eigenvalue weighted by Gasteiger charge is -2.32. The number of fused-ring (bicyclic) bond motifs is 2. The van der Waals surface area contributed by atoms with Crippen LogP contribution in [0.2, 0.25) is 0 Å². The SMILES string of the molecule is CCC1(C)CNC(=O)c2cc(-c3ccnc(-c4cnc5ccccc5c4)c3)[nH]c21.O=C(O)C(F)(F)F. The molecule has 1 amide bonds. The average Bonchev–Trinajstić information content (AvgIpc) is 3.34. The Bertz CT molecular complexity index is 1450. The van der Waals surface area contributed by atoms with Crippen LogP contribution in [0.5, 0.6) is 0 Å². The molecule has 3 N–H and O–H groups in total. The number of hydrogen-bond acceptors (Lipinski definition) is 4. The molecule has 10 heteroatoms. The summed E-state index contributed by atoms with van der Waals surface area (Å²) in [5.41, 5.74) is 6.40. The molecular formula is C26H23F3N4O3. The third kappa shape index (κ3) is 4.93. The topological polar surface area (TPSA) is 108 Å². The summed E-state index contributed by atoms with van der Waals surface area (Å²) in [5, 5.41) is 11.2. The summed E-state index contributed by atoms with van der Waals surface area (Å²) in [4.78, 5) is 33.9. The fourth-order valence-corrected chi connectivity index (χ4v) is 3.99. The van der Waals surface area contributed by atoms with E-state index in [0.29, 0.717) is 6.54 Å². The number of para-hydroxylation sites is 1. The van der Waals surface area contributed by atoms with Crippen LogP contribution in [0.1, 0.15) is 36.3 Å². The van der Waals surface area contributed by atoms with Gasteiger partial charge in [-0.05, 0) is 36.8 Å². The summed E-state index contributed by atoms with van der Waals surface area (Å²) in [6, 6.07) is 16.1. The van der Waals surface area contributed by atoms with Crippen LogP contribution in [0.4, 0.5) is 13.2 Å². The van der Waals surface area contributed by atoms with Crippen molar-refractivity contribution in [1.29, 1.82) is 0 Å². The summed E-state index contributed by atoms with van der Waals surface area (Å²) in [6.07, 6.45) is -0.473. The number of carbonyl (C=O) groups is 2. The minimum Gasteiger partial charge on any atom is -0.475 e. The van der Waals surface area contributed by atoms with Crippen molar-refractivity contribution in [1.82, 2.24) is 20.3 Å². The Balaban J connectivity index is 0.000000384. The number of hydrogen-bond donors (Lipinski definition) is 3. The molecule has 0 spiro atoms.